The Morgan fingerprint density at radius 2 is 2.00 bits per heavy atom. The Morgan fingerprint density at radius 1 is 1.23 bits per heavy atom. The van der Waals surface area contributed by atoms with Gasteiger partial charge in [0, 0.05) is 23.9 Å². The van der Waals surface area contributed by atoms with E-state index in [4.69, 9.17) is 4.74 Å². The number of nitrogens with one attached hydrogen (secondary N) is 1. The first-order valence-corrected chi connectivity index (χ1v) is 10.9. The van der Waals surface area contributed by atoms with Crippen LogP contribution in [0.25, 0.3) is 0 Å². The Kier molecular flexibility index (Phi) is 5.55. The van der Waals surface area contributed by atoms with Crippen LogP contribution in [0.2, 0.25) is 0 Å². The molecule has 1 saturated heterocycles. The lowest BCUT2D eigenvalue weighted by atomic mass is 10.1. The van der Waals surface area contributed by atoms with Crippen LogP contribution < -0.4 is 15.0 Å². The van der Waals surface area contributed by atoms with Crippen LogP contribution in [-0.4, -0.2) is 42.3 Å². The van der Waals surface area contributed by atoms with Crippen LogP contribution in [0.3, 0.4) is 0 Å². The summed E-state index contributed by atoms with van der Waals surface area (Å²) < 4.78 is 32.5. The Bertz CT molecular complexity index is 1050. The third-order valence-electron chi connectivity index (χ3n) is 5.38. The first-order valence-electron chi connectivity index (χ1n) is 9.94. The number of benzene rings is 2. The molecule has 4 rings (SSSR count). The summed E-state index contributed by atoms with van der Waals surface area (Å²) in [6, 6.07) is 8.44. The molecular weight excluding hydrogens is 424 g/mol. The Morgan fingerprint density at radius 3 is 2.68 bits per heavy atom. The number of thioether (sulfide) groups is 1. The lowest BCUT2D eigenvalue weighted by Gasteiger charge is -2.33. The Balaban J connectivity index is 1.79. The number of amides is 3. The number of urea groups is 1. The van der Waals surface area contributed by atoms with Crippen LogP contribution in [0.4, 0.5) is 19.3 Å². The van der Waals surface area contributed by atoms with Crippen molar-refractivity contribution in [1.82, 2.24) is 10.2 Å². The molecule has 0 radical (unpaired) electrons. The van der Waals surface area contributed by atoms with E-state index in [2.05, 4.69) is 5.32 Å². The first kappa shape index (κ1) is 21.4. The molecule has 6 nitrogen and oxygen atoms in total. The van der Waals surface area contributed by atoms with E-state index in [1.165, 1.54) is 29.8 Å². The molecule has 2 aromatic carbocycles. The molecule has 2 aliphatic heterocycles. The summed E-state index contributed by atoms with van der Waals surface area (Å²) in [6.45, 7) is 4.18. The van der Waals surface area contributed by atoms with Crippen molar-refractivity contribution in [2.24, 2.45) is 0 Å². The summed E-state index contributed by atoms with van der Waals surface area (Å²) in [5.41, 5.74) is 1.72. The van der Waals surface area contributed by atoms with E-state index in [9.17, 15) is 18.4 Å². The first-order chi connectivity index (χ1) is 14.8. The fourth-order valence-electron chi connectivity index (χ4n) is 4.02. The van der Waals surface area contributed by atoms with E-state index in [0.29, 0.717) is 34.9 Å². The zero-order chi connectivity index (χ0) is 22.3. The molecule has 1 N–H and O–H groups in total. The highest BCUT2D eigenvalue weighted by Crippen LogP contribution is 2.55. The molecule has 31 heavy (non-hydrogen) atoms. The predicted molar refractivity (Wildman–Crippen MR) is 115 cm³/mol. The number of anilines is 1. The van der Waals surface area contributed by atoms with Crippen LogP contribution in [0.1, 0.15) is 25.0 Å². The van der Waals surface area contributed by atoms with E-state index in [0.717, 1.165) is 12.1 Å². The summed E-state index contributed by atoms with van der Waals surface area (Å²) in [5, 5.41) is 2.87. The Hall–Kier alpha value is -2.81. The molecule has 164 valence electrons. The summed E-state index contributed by atoms with van der Waals surface area (Å²) >= 11 is 1.39. The lowest BCUT2D eigenvalue weighted by molar-refractivity contribution is -0.123. The smallest absolute Gasteiger partial charge is 0.319 e. The van der Waals surface area contributed by atoms with E-state index < -0.39 is 16.5 Å². The summed E-state index contributed by atoms with van der Waals surface area (Å²) in [4.78, 5) is 28.6. The second kappa shape index (κ2) is 8.03. The van der Waals surface area contributed by atoms with Crippen molar-refractivity contribution < 1.29 is 23.1 Å². The molecule has 2 aliphatic rings. The third kappa shape index (κ3) is 3.50. The number of nitrogens with zero attached hydrogens (tertiary/aromatic N) is 2. The fraction of sp³-hybridized carbons (Fsp3) is 0.364. The highest BCUT2D eigenvalue weighted by atomic mass is 32.2. The minimum Gasteiger partial charge on any atom is -0.497 e. The number of fused-ring (bicyclic) bond motifs is 2. The number of hydrogen-bond acceptors (Lipinski definition) is 4. The molecule has 1 atom stereocenters. The summed E-state index contributed by atoms with van der Waals surface area (Å²) in [6.07, 6.45) is 0. The average Bonchev–Trinajstić information content (AvgIpc) is 3.27. The van der Waals surface area contributed by atoms with Crippen molar-refractivity contribution in [3.05, 3.63) is 59.2 Å². The van der Waals surface area contributed by atoms with Gasteiger partial charge in [0.15, 0.2) is 16.5 Å². The predicted octanol–water partition coefficient (Wildman–Crippen LogP) is 3.84. The molecule has 1 spiro atoms. The molecule has 2 aromatic rings. The zero-order valence-electron chi connectivity index (χ0n) is 17.4. The normalized spacial score (nSPS) is 20.0. The van der Waals surface area contributed by atoms with E-state index in [-0.39, 0.29) is 24.5 Å². The average molecular weight is 448 g/mol. The van der Waals surface area contributed by atoms with Crippen molar-refractivity contribution in [2.75, 3.05) is 24.3 Å². The van der Waals surface area contributed by atoms with Gasteiger partial charge >= 0.3 is 6.03 Å². The van der Waals surface area contributed by atoms with Crippen LogP contribution in [0.5, 0.6) is 5.75 Å². The summed E-state index contributed by atoms with van der Waals surface area (Å²) in [5.74, 6) is -1.05. The molecule has 0 aliphatic carbocycles. The zero-order valence-corrected chi connectivity index (χ0v) is 18.3. The van der Waals surface area contributed by atoms with Crippen molar-refractivity contribution >= 4 is 29.4 Å². The van der Waals surface area contributed by atoms with Crippen LogP contribution >= 0.6 is 11.8 Å². The van der Waals surface area contributed by atoms with Crippen molar-refractivity contribution in [2.45, 2.75) is 31.3 Å². The molecule has 2 heterocycles. The van der Waals surface area contributed by atoms with Crippen LogP contribution in [0.15, 0.2) is 36.4 Å². The van der Waals surface area contributed by atoms with Crippen LogP contribution in [-0.2, 0) is 16.2 Å². The molecule has 0 aromatic heterocycles. The number of methoxy groups -OCH3 is 1. The van der Waals surface area contributed by atoms with Crippen LogP contribution in [0, 0.1) is 11.6 Å². The number of rotatable bonds is 4. The summed E-state index contributed by atoms with van der Waals surface area (Å²) in [7, 11) is 1.54. The number of ether oxygens (including phenoxy) is 1. The van der Waals surface area contributed by atoms with Gasteiger partial charge in [0.2, 0.25) is 0 Å². The molecule has 1 unspecified atom stereocenters. The minimum absolute atomic E-state index is 0.0529. The van der Waals surface area contributed by atoms with Gasteiger partial charge in [-0.3, -0.25) is 9.69 Å². The van der Waals surface area contributed by atoms with Gasteiger partial charge in [-0.1, -0.05) is 6.07 Å². The van der Waals surface area contributed by atoms with Gasteiger partial charge in [0.05, 0.1) is 19.3 Å². The van der Waals surface area contributed by atoms with Gasteiger partial charge in [-0.2, -0.15) is 0 Å². The highest BCUT2D eigenvalue weighted by molar-refractivity contribution is 8.01. The second-order valence-electron chi connectivity index (χ2n) is 7.77. The number of halogens is 2. The molecule has 0 saturated carbocycles. The molecule has 3 amide bonds. The molecular formula is C22H23F2N3O3S. The van der Waals surface area contributed by atoms with Crippen molar-refractivity contribution in [3.8, 4) is 5.75 Å². The number of carbonyl (C=O) groups excluding carboxylic acids is 2. The maximum Gasteiger partial charge on any atom is 0.319 e. The molecule has 9 heteroatoms. The maximum atomic E-state index is 13.8. The lowest BCUT2D eigenvalue weighted by Crippen LogP contribution is -2.54. The number of hydrogen-bond donors (Lipinski definition) is 1. The van der Waals surface area contributed by atoms with Gasteiger partial charge in [0.25, 0.3) is 5.91 Å². The van der Waals surface area contributed by atoms with E-state index >= 15 is 0 Å². The van der Waals surface area contributed by atoms with Gasteiger partial charge in [-0.15, -0.1) is 11.8 Å². The maximum absolute atomic E-state index is 13.8. The molecule has 0 bridgehead atoms. The van der Waals surface area contributed by atoms with Gasteiger partial charge < -0.3 is 15.0 Å². The number of carbonyl (C=O) groups is 2. The van der Waals surface area contributed by atoms with Crippen molar-refractivity contribution in [1.29, 1.82) is 0 Å². The second-order valence-corrected chi connectivity index (χ2v) is 9.06. The monoisotopic (exact) mass is 447 g/mol. The van der Waals surface area contributed by atoms with Gasteiger partial charge in [-0.25, -0.2) is 13.6 Å². The standard InChI is InChI=1S/C22H23F2N3O3S/c1-13(2)25-21(29)27-8-9-31-22(27)16-11-15(30-3)5-7-19(16)26(20(22)28)12-14-4-6-17(23)18(24)10-14/h4-7,10-11,13H,8-9,12H2,1-3H3,(H,25,29). The largest absolute Gasteiger partial charge is 0.497 e. The minimum atomic E-state index is -1.23. The quantitative estimate of drug-likeness (QED) is 0.774. The Labute approximate surface area is 183 Å². The third-order valence-corrected chi connectivity index (χ3v) is 6.80. The van der Waals surface area contributed by atoms with E-state index in [1.807, 2.05) is 13.8 Å². The fourth-order valence-corrected chi connectivity index (χ4v) is 5.48. The SMILES string of the molecule is COc1ccc2c(c1)C1(SCCN1C(=O)NC(C)C)C(=O)N2Cc1ccc(F)c(F)c1. The topological polar surface area (TPSA) is 61.9 Å². The van der Waals surface area contributed by atoms with E-state index in [1.54, 1.807) is 23.1 Å². The molecule has 1 fully saturated rings. The van der Waals surface area contributed by atoms with Gasteiger partial charge in [0.1, 0.15) is 5.75 Å². The van der Waals surface area contributed by atoms with Crippen molar-refractivity contribution in [3.63, 3.8) is 0 Å². The van der Waals surface area contributed by atoms with Gasteiger partial charge in [-0.05, 0) is 49.7 Å². The highest BCUT2D eigenvalue weighted by Gasteiger charge is 2.59.